The van der Waals surface area contributed by atoms with E-state index in [9.17, 15) is 34.2 Å². The molecular formula is C18H30N4O8. The number of carboxylic acids is 2. The molecule has 0 radical (unpaired) electrons. The molecule has 1 fully saturated rings. The lowest BCUT2D eigenvalue weighted by molar-refractivity contribution is -0.143. The Hall–Kier alpha value is -2.73. The fraction of sp³-hybridized carbons (Fsp3) is 0.722. The monoisotopic (exact) mass is 430 g/mol. The van der Waals surface area contributed by atoms with Crippen molar-refractivity contribution < 1.29 is 39.3 Å². The molecule has 0 aromatic rings. The molecule has 3 amide bonds. The summed E-state index contributed by atoms with van der Waals surface area (Å²) in [5, 5.41) is 37.4. The summed E-state index contributed by atoms with van der Waals surface area (Å²) in [6, 6.07) is -4.33. The minimum absolute atomic E-state index is 0.321. The third-order valence-electron chi connectivity index (χ3n) is 4.70. The lowest BCUT2D eigenvalue weighted by Gasteiger charge is -2.26. The Balaban J connectivity index is 2.75. The maximum absolute atomic E-state index is 12.5. The van der Waals surface area contributed by atoms with Crippen LogP contribution in [-0.2, 0) is 24.0 Å². The normalized spacial score (nSPS) is 18.9. The summed E-state index contributed by atoms with van der Waals surface area (Å²) in [4.78, 5) is 59.1. The summed E-state index contributed by atoms with van der Waals surface area (Å²) in [6.45, 7) is 3.22. The number of aliphatic carboxylic acids is 2. The fourth-order valence-corrected chi connectivity index (χ4v) is 2.95. The number of aliphatic hydroxyl groups excluding tert-OH is 1. The molecule has 1 aliphatic heterocycles. The second kappa shape index (κ2) is 12.1. The molecule has 0 bridgehead atoms. The highest BCUT2D eigenvalue weighted by molar-refractivity contribution is 5.94. The molecule has 1 aliphatic rings. The van der Waals surface area contributed by atoms with E-state index >= 15 is 0 Å². The predicted molar refractivity (Wildman–Crippen MR) is 103 cm³/mol. The van der Waals surface area contributed by atoms with Crippen molar-refractivity contribution in [1.29, 1.82) is 0 Å². The molecule has 0 aromatic heterocycles. The van der Waals surface area contributed by atoms with Crippen LogP contribution in [0.5, 0.6) is 0 Å². The Labute approximate surface area is 173 Å². The number of aliphatic hydroxyl groups is 1. The number of rotatable bonds is 12. The van der Waals surface area contributed by atoms with E-state index in [4.69, 9.17) is 5.11 Å². The first-order valence-corrected chi connectivity index (χ1v) is 9.76. The third-order valence-corrected chi connectivity index (χ3v) is 4.70. The molecular weight excluding hydrogens is 400 g/mol. The van der Waals surface area contributed by atoms with Gasteiger partial charge in [0.25, 0.3) is 0 Å². The largest absolute Gasteiger partial charge is 0.481 e. The van der Waals surface area contributed by atoms with Gasteiger partial charge in [-0.2, -0.15) is 0 Å². The lowest BCUT2D eigenvalue weighted by atomic mass is 10.0. The summed E-state index contributed by atoms with van der Waals surface area (Å²) in [5.41, 5.74) is 0. The Bertz CT molecular complexity index is 648. The van der Waals surface area contributed by atoms with Crippen molar-refractivity contribution in [3.05, 3.63) is 0 Å². The van der Waals surface area contributed by atoms with Crippen LogP contribution in [0, 0.1) is 5.92 Å². The van der Waals surface area contributed by atoms with Crippen LogP contribution < -0.4 is 21.3 Å². The van der Waals surface area contributed by atoms with Gasteiger partial charge in [-0.25, -0.2) is 4.79 Å². The van der Waals surface area contributed by atoms with E-state index in [1.165, 1.54) is 0 Å². The highest BCUT2D eigenvalue weighted by Gasteiger charge is 2.32. The standard InChI is InChI=1S/C18H30N4O8/c1-9(2)14(17(28)20-11(18(29)30)5-6-13(24)25)22-16(27)12(8-23)21-15(26)10-4-3-7-19-10/h9-12,14,19,23H,3-8H2,1-2H3,(H,20,28)(H,21,26)(H,22,27)(H,24,25)(H,29,30). The zero-order chi connectivity index (χ0) is 22.8. The molecule has 12 heteroatoms. The van der Waals surface area contributed by atoms with Gasteiger partial charge in [-0.3, -0.25) is 19.2 Å². The van der Waals surface area contributed by atoms with Crippen molar-refractivity contribution in [2.24, 2.45) is 5.92 Å². The van der Waals surface area contributed by atoms with E-state index in [2.05, 4.69) is 21.3 Å². The molecule has 0 saturated carbocycles. The first-order chi connectivity index (χ1) is 14.1. The molecule has 0 aliphatic carbocycles. The fourth-order valence-electron chi connectivity index (χ4n) is 2.95. The second-order valence-corrected chi connectivity index (χ2v) is 7.45. The van der Waals surface area contributed by atoms with E-state index in [-0.39, 0.29) is 6.42 Å². The third kappa shape index (κ3) is 7.95. The number of carbonyl (C=O) groups excluding carboxylic acids is 3. The van der Waals surface area contributed by atoms with E-state index in [0.29, 0.717) is 13.0 Å². The highest BCUT2D eigenvalue weighted by atomic mass is 16.4. The van der Waals surface area contributed by atoms with Crippen LogP contribution in [0.3, 0.4) is 0 Å². The Kier molecular flexibility index (Phi) is 10.2. The van der Waals surface area contributed by atoms with Gasteiger partial charge in [0.1, 0.15) is 18.1 Å². The Morgan fingerprint density at radius 2 is 1.67 bits per heavy atom. The topological polar surface area (TPSA) is 194 Å². The van der Waals surface area contributed by atoms with Crippen molar-refractivity contribution in [1.82, 2.24) is 21.3 Å². The minimum atomic E-state index is -1.44. The molecule has 7 N–H and O–H groups in total. The maximum atomic E-state index is 12.5. The van der Waals surface area contributed by atoms with Gasteiger partial charge in [0.2, 0.25) is 17.7 Å². The first kappa shape index (κ1) is 25.3. The number of nitrogens with one attached hydrogen (secondary N) is 4. The second-order valence-electron chi connectivity index (χ2n) is 7.45. The van der Waals surface area contributed by atoms with Crippen LogP contribution >= 0.6 is 0 Å². The highest BCUT2D eigenvalue weighted by Crippen LogP contribution is 2.07. The van der Waals surface area contributed by atoms with Gasteiger partial charge >= 0.3 is 11.9 Å². The first-order valence-electron chi connectivity index (χ1n) is 9.76. The molecule has 30 heavy (non-hydrogen) atoms. The summed E-state index contributed by atoms with van der Waals surface area (Å²) in [7, 11) is 0. The van der Waals surface area contributed by atoms with Crippen LogP contribution in [0.15, 0.2) is 0 Å². The zero-order valence-electron chi connectivity index (χ0n) is 17.0. The van der Waals surface area contributed by atoms with Crippen molar-refractivity contribution in [3.8, 4) is 0 Å². The molecule has 170 valence electrons. The number of carboxylic acid groups (broad SMARTS) is 2. The summed E-state index contributed by atoms with van der Waals surface area (Å²) < 4.78 is 0. The quantitative estimate of drug-likeness (QED) is 0.180. The number of hydrogen-bond acceptors (Lipinski definition) is 7. The van der Waals surface area contributed by atoms with Crippen LogP contribution in [0.1, 0.15) is 39.5 Å². The molecule has 0 aromatic carbocycles. The Morgan fingerprint density at radius 3 is 2.13 bits per heavy atom. The summed E-state index contributed by atoms with van der Waals surface area (Å²) in [6.07, 6.45) is 0.647. The average molecular weight is 430 g/mol. The van der Waals surface area contributed by atoms with Gasteiger partial charge < -0.3 is 36.6 Å². The van der Waals surface area contributed by atoms with E-state index in [1.807, 2.05) is 0 Å². The lowest BCUT2D eigenvalue weighted by Crippen LogP contribution is -2.59. The zero-order valence-corrected chi connectivity index (χ0v) is 17.0. The number of carbonyl (C=O) groups is 5. The van der Waals surface area contributed by atoms with Gasteiger partial charge in [0.05, 0.1) is 12.6 Å². The van der Waals surface area contributed by atoms with Crippen LogP contribution in [0.4, 0.5) is 0 Å². The van der Waals surface area contributed by atoms with Gasteiger partial charge in [-0.1, -0.05) is 13.8 Å². The smallest absolute Gasteiger partial charge is 0.326 e. The average Bonchev–Trinajstić information content (AvgIpc) is 3.21. The SMILES string of the molecule is CC(C)C(NC(=O)C(CO)NC(=O)C1CCCN1)C(=O)NC(CCC(=O)O)C(=O)O. The van der Waals surface area contributed by atoms with E-state index in [1.54, 1.807) is 13.8 Å². The minimum Gasteiger partial charge on any atom is -0.481 e. The van der Waals surface area contributed by atoms with Crippen molar-refractivity contribution in [2.45, 2.75) is 63.7 Å². The molecule has 1 rings (SSSR count). The molecule has 1 heterocycles. The van der Waals surface area contributed by atoms with Crippen molar-refractivity contribution in [2.75, 3.05) is 13.2 Å². The van der Waals surface area contributed by atoms with Gasteiger partial charge in [0.15, 0.2) is 0 Å². The van der Waals surface area contributed by atoms with Gasteiger partial charge in [-0.15, -0.1) is 0 Å². The summed E-state index contributed by atoms with van der Waals surface area (Å²) in [5.74, 6) is -5.10. The van der Waals surface area contributed by atoms with E-state index in [0.717, 1.165) is 6.42 Å². The molecule has 12 nitrogen and oxygen atoms in total. The van der Waals surface area contributed by atoms with Gasteiger partial charge in [-0.05, 0) is 31.7 Å². The van der Waals surface area contributed by atoms with Crippen molar-refractivity contribution in [3.63, 3.8) is 0 Å². The van der Waals surface area contributed by atoms with Crippen LogP contribution in [0.25, 0.3) is 0 Å². The maximum Gasteiger partial charge on any atom is 0.326 e. The van der Waals surface area contributed by atoms with Crippen LogP contribution in [0.2, 0.25) is 0 Å². The molecule has 0 spiro atoms. The summed E-state index contributed by atoms with van der Waals surface area (Å²) >= 11 is 0. The van der Waals surface area contributed by atoms with Crippen molar-refractivity contribution >= 4 is 29.7 Å². The van der Waals surface area contributed by atoms with Crippen LogP contribution in [-0.4, -0.2) is 82.3 Å². The Morgan fingerprint density at radius 1 is 1.00 bits per heavy atom. The predicted octanol–water partition coefficient (Wildman–Crippen LogP) is -2.21. The molecule has 4 unspecified atom stereocenters. The molecule has 4 atom stereocenters. The van der Waals surface area contributed by atoms with Gasteiger partial charge in [0, 0.05) is 6.42 Å². The van der Waals surface area contributed by atoms with E-state index < -0.39 is 72.8 Å². The molecule has 1 saturated heterocycles. The number of hydrogen-bond donors (Lipinski definition) is 7. The number of amides is 3.